The number of aryl methyl sites for hydroxylation is 2. The van der Waals surface area contributed by atoms with E-state index in [0.717, 1.165) is 14.9 Å². The highest BCUT2D eigenvalue weighted by Gasteiger charge is 2.05. The summed E-state index contributed by atoms with van der Waals surface area (Å²) in [5.74, 6) is -0.0488. The van der Waals surface area contributed by atoms with Crippen molar-refractivity contribution in [1.29, 1.82) is 0 Å². The number of para-hydroxylation sites is 1. The Labute approximate surface area is 132 Å². The van der Waals surface area contributed by atoms with Gasteiger partial charge in [0.25, 0.3) is 0 Å². The third kappa shape index (κ3) is 3.96. The molecule has 0 saturated heterocycles. The van der Waals surface area contributed by atoms with Gasteiger partial charge in [0.1, 0.15) is 0 Å². The van der Waals surface area contributed by atoms with Crippen LogP contribution in [0.1, 0.15) is 11.1 Å². The molecule has 0 aliphatic rings. The molecular formula is C16H17IN2O. The molecule has 1 amide bonds. The van der Waals surface area contributed by atoms with Crippen molar-refractivity contribution < 1.29 is 4.79 Å². The number of halogens is 1. The standard InChI is InChI=1S/C16H17IN2O/c1-11-7-8-13(9-12(11)2)18-10-16(20)19-15-6-4-3-5-14(15)17/h3-9,18H,10H2,1-2H3,(H,19,20). The van der Waals surface area contributed by atoms with E-state index in [4.69, 9.17) is 0 Å². The van der Waals surface area contributed by atoms with E-state index in [9.17, 15) is 4.79 Å². The Kier molecular flexibility index (Phi) is 5.00. The van der Waals surface area contributed by atoms with Crippen molar-refractivity contribution in [3.8, 4) is 0 Å². The van der Waals surface area contributed by atoms with Crippen LogP contribution in [0.5, 0.6) is 0 Å². The average molecular weight is 380 g/mol. The van der Waals surface area contributed by atoms with E-state index in [-0.39, 0.29) is 12.5 Å². The van der Waals surface area contributed by atoms with E-state index >= 15 is 0 Å². The lowest BCUT2D eigenvalue weighted by Gasteiger charge is -2.10. The van der Waals surface area contributed by atoms with E-state index in [2.05, 4.69) is 59.2 Å². The van der Waals surface area contributed by atoms with Crippen LogP contribution in [-0.2, 0) is 4.79 Å². The smallest absolute Gasteiger partial charge is 0.243 e. The van der Waals surface area contributed by atoms with Gasteiger partial charge in [-0.05, 0) is 71.8 Å². The van der Waals surface area contributed by atoms with Gasteiger partial charge < -0.3 is 10.6 Å². The molecule has 2 aromatic rings. The molecule has 0 aliphatic carbocycles. The van der Waals surface area contributed by atoms with Crippen LogP contribution < -0.4 is 10.6 Å². The fraction of sp³-hybridized carbons (Fsp3) is 0.188. The minimum Gasteiger partial charge on any atom is -0.376 e. The number of benzene rings is 2. The van der Waals surface area contributed by atoms with Crippen molar-refractivity contribution >= 4 is 39.9 Å². The Morgan fingerprint density at radius 1 is 1.10 bits per heavy atom. The van der Waals surface area contributed by atoms with E-state index in [1.165, 1.54) is 11.1 Å². The molecule has 0 heterocycles. The molecule has 0 bridgehead atoms. The number of carbonyl (C=O) groups excluding carboxylic acids is 1. The molecule has 0 aromatic heterocycles. The summed E-state index contributed by atoms with van der Waals surface area (Å²) in [6.07, 6.45) is 0. The minimum absolute atomic E-state index is 0.0488. The highest BCUT2D eigenvalue weighted by Crippen LogP contribution is 2.17. The Hall–Kier alpha value is -1.56. The number of anilines is 2. The molecule has 104 valence electrons. The molecule has 0 radical (unpaired) electrons. The zero-order valence-electron chi connectivity index (χ0n) is 11.5. The molecule has 0 atom stereocenters. The fourth-order valence-electron chi connectivity index (χ4n) is 1.79. The van der Waals surface area contributed by atoms with Crippen LogP contribution in [0.4, 0.5) is 11.4 Å². The maximum Gasteiger partial charge on any atom is 0.243 e. The Morgan fingerprint density at radius 3 is 2.55 bits per heavy atom. The second-order valence-corrected chi connectivity index (χ2v) is 5.84. The number of carbonyl (C=O) groups is 1. The lowest BCUT2D eigenvalue weighted by atomic mass is 10.1. The third-order valence-corrected chi connectivity index (χ3v) is 4.05. The molecule has 2 rings (SSSR count). The van der Waals surface area contributed by atoms with Crippen molar-refractivity contribution in [2.75, 3.05) is 17.2 Å². The van der Waals surface area contributed by atoms with Crippen molar-refractivity contribution in [3.05, 3.63) is 57.2 Å². The van der Waals surface area contributed by atoms with Crippen LogP contribution in [0.15, 0.2) is 42.5 Å². The molecule has 0 spiro atoms. The molecule has 2 aromatic carbocycles. The summed E-state index contributed by atoms with van der Waals surface area (Å²) in [5.41, 5.74) is 4.28. The topological polar surface area (TPSA) is 41.1 Å². The van der Waals surface area contributed by atoms with Crippen molar-refractivity contribution in [2.24, 2.45) is 0 Å². The van der Waals surface area contributed by atoms with Crippen molar-refractivity contribution in [1.82, 2.24) is 0 Å². The van der Waals surface area contributed by atoms with Gasteiger partial charge in [0.05, 0.1) is 12.2 Å². The van der Waals surface area contributed by atoms with Gasteiger partial charge in [-0.2, -0.15) is 0 Å². The summed E-state index contributed by atoms with van der Waals surface area (Å²) in [5, 5.41) is 6.04. The number of rotatable bonds is 4. The molecule has 3 nitrogen and oxygen atoms in total. The number of hydrogen-bond acceptors (Lipinski definition) is 2. The van der Waals surface area contributed by atoms with Crippen LogP contribution in [0, 0.1) is 17.4 Å². The first-order valence-corrected chi connectivity index (χ1v) is 7.49. The first-order valence-electron chi connectivity index (χ1n) is 6.42. The van der Waals surface area contributed by atoms with Gasteiger partial charge in [0.15, 0.2) is 0 Å². The fourth-order valence-corrected chi connectivity index (χ4v) is 2.31. The summed E-state index contributed by atoms with van der Waals surface area (Å²) in [6, 6.07) is 13.8. The van der Waals surface area contributed by atoms with Crippen LogP contribution in [0.25, 0.3) is 0 Å². The molecule has 0 aliphatic heterocycles. The second kappa shape index (κ2) is 6.74. The SMILES string of the molecule is Cc1ccc(NCC(=O)Nc2ccccc2I)cc1C. The molecule has 4 heteroatoms. The summed E-state index contributed by atoms with van der Waals surface area (Å²) in [6.45, 7) is 4.39. The van der Waals surface area contributed by atoms with Crippen LogP contribution >= 0.6 is 22.6 Å². The largest absolute Gasteiger partial charge is 0.376 e. The quantitative estimate of drug-likeness (QED) is 0.789. The Morgan fingerprint density at radius 2 is 1.85 bits per heavy atom. The zero-order valence-corrected chi connectivity index (χ0v) is 13.7. The molecule has 0 fully saturated rings. The lowest BCUT2D eigenvalue weighted by molar-refractivity contribution is -0.114. The predicted octanol–water partition coefficient (Wildman–Crippen LogP) is 3.96. The molecule has 0 unspecified atom stereocenters. The summed E-state index contributed by atoms with van der Waals surface area (Å²) in [4.78, 5) is 11.9. The van der Waals surface area contributed by atoms with Crippen molar-refractivity contribution in [3.63, 3.8) is 0 Å². The first-order chi connectivity index (χ1) is 9.56. The number of hydrogen-bond donors (Lipinski definition) is 2. The third-order valence-electron chi connectivity index (χ3n) is 3.11. The Bertz CT molecular complexity index is 626. The Balaban J connectivity index is 1.92. The van der Waals surface area contributed by atoms with E-state index in [1.807, 2.05) is 30.3 Å². The summed E-state index contributed by atoms with van der Waals surface area (Å²) >= 11 is 2.21. The van der Waals surface area contributed by atoms with E-state index in [1.54, 1.807) is 0 Å². The average Bonchev–Trinajstić information content (AvgIpc) is 2.43. The van der Waals surface area contributed by atoms with Crippen LogP contribution in [-0.4, -0.2) is 12.5 Å². The molecule has 20 heavy (non-hydrogen) atoms. The highest BCUT2D eigenvalue weighted by molar-refractivity contribution is 14.1. The van der Waals surface area contributed by atoms with Gasteiger partial charge in [-0.25, -0.2) is 0 Å². The monoisotopic (exact) mass is 380 g/mol. The van der Waals surface area contributed by atoms with Gasteiger partial charge >= 0.3 is 0 Å². The van der Waals surface area contributed by atoms with Crippen LogP contribution in [0.2, 0.25) is 0 Å². The van der Waals surface area contributed by atoms with Gasteiger partial charge in [0.2, 0.25) is 5.91 Å². The van der Waals surface area contributed by atoms with E-state index in [0.29, 0.717) is 0 Å². The lowest BCUT2D eigenvalue weighted by Crippen LogP contribution is -2.22. The maximum absolute atomic E-state index is 11.9. The molecular weight excluding hydrogens is 363 g/mol. The number of nitrogens with one attached hydrogen (secondary N) is 2. The molecule has 0 saturated carbocycles. The van der Waals surface area contributed by atoms with Gasteiger partial charge in [-0.15, -0.1) is 0 Å². The van der Waals surface area contributed by atoms with Gasteiger partial charge in [-0.1, -0.05) is 18.2 Å². The number of amides is 1. The van der Waals surface area contributed by atoms with Crippen molar-refractivity contribution in [2.45, 2.75) is 13.8 Å². The normalized spacial score (nSPS) is 10.2. The zero-order chi connectivity index (χ0) is 14.5. The van der Waals surface area contributed by atoms with Gasteiger partial charge in [0, 0.05) is 9.26 Å². The molecule has 2 N–H and O–H groups in total. The van der Waals surface area contributed by atoms with Gasteiger partial charge in [-0.3, -0.25) is 4.79 Å². The highest BCUT2D eigenvalue weighted by atomic mass is 127. The first kappa shape index (κ1) is 14.8. The second-order valence-electron chi connectivity index (χ2n) is 4.68. The minimum atomic E-state index is -0.0488. The summed E-state index contributed by atoms with van der Waals surface area (Å²) < 4.78 is 1.03. The maximum atomic E-state index is 11.9. The summed E-state index contributed by atoms with van der Waals surface area (Å²) in [7, 11) is 0. The van der Waals surface area contributed by atoms with Crippen LogP contribution in [0.3, 0.4) is 0 Å². The van der Waals surface area contributed by atoms with E-state index < -0.39 is 0 Å². The predicted molar refractivity (Wildman–Crippen MR) is 92.2 cm³/mol.